The van der Waals surface area contributed by atoms with E-state index in [9.17, 15) is 9.59 Å². The van der Waals surface area contributed by atoms with Gasteiger partial charge in [-0.05, 0) is 43.5 Å². The van der Waals surface area contributed by atoms with E-state index in [0.29, 0.717) is 31.9 Å². The first-order valence-electron chi connectivity index (χ1n) is 10.6. The zero-order valence-corrected chi connectivity index (χ0v) is 17.3. The van der Waals surface area contributed by atoms with Crippen LogP contribution in [0.4, 0.5) is 0 Å². The van der Waals surface area contributed by atoms with Crippen molar-refractivity contribution in [2.24, 2.45) is 0 Å². The highest BCUT2D eigenvalue weighted by Crippen LogP contribution is 2.12. The van der Waals surface area contributed by atoms with Gasteiger partial charge < -0.3 is 15.4 Å². The van der Waals surface area contributed by atoms with Gasteiger partial charge in [0.05, 0.1) is 25.3 Å². The van der Waals surface area contributed by atoms with Crippen molar-refractivity contribution in [1.29, 1.82) is 0 Å². The van der Waals surface area contributed by atoms with Gasteiger partial charge in [0.25, 0.3) is 0 Å². The molecule has 0 radical (unpaired) electrons. The minimum absolute atomic E-state index is 0.0592. The second kappa shape index (κ2) is 11.9. The highest BCUT2D eigenvalue weighted by Gasteiger charge is 2.31. The summed E-state index contributed by atoms with van der Waals surface area (Å²) in [5.74, 6) is 0.552. The van der Waals surface area contributed by atoms with Crippen LogP contribution < -0.4 is 15.4 Å². The molecule has 1 saturated heterocycles. The van der Waals surface area contributed by atoms with E-state index in [-0.39, 0.29) is 18.2 Å². The van der Waals surface area contributed by atoms with Crippen LogP contribution in [0, 0.1) is 0 Å². The quantitative estimate of drug-likeness (QED) is 0.552. The predicted octanol–water partition coefficient (Wildman–Crippen LogP) is 1.79. The van der Waals surface area contributed by atoms with Gasteiger partial charge in [0.1, 0.15) is 5.75 Å². The molecule has 2 aromatic rings. The van der Waals surface area contributed by atoms with Gasteiger partial charge in [0, 0.05) is 25.8 Å². The lowest BCUT2D eigenvalue weighted by atomic mass is 10.1. The van der Waals surface area contributed by atoms with Crippen LogP contribution in [0.15, 0.2) is 54.9 Å². The van der Waals surface area contributed by atoms with Crippen molar-refractivity contribution in [2.75, 3.05) is 32.8 Å². The van der Waals surface area contributed by atoms with E-state index in [0.717, 1.165) is 25.9 Å². The normalized spacial score (nSPS) is 16.7. The van der Waals surface area contributed by atoms with Crippen LogP contribution in [-0.4, -0.2) is 60.5 Å². The molecule has 30 heavy (non-hydrogen) atoms. The lowest BCUT2D eigenvalue weighted by Crippen LogP contribution is -2.56. The first-order chi connectivity index (χ1) is 14.7. The van der Waals surface area contributed by atoms with E-state index in [2.05, 4.69) is 32.7 Å². The van der Waals surface area contributed by atoms with E-state index >= 15 is 0 Å². The number of rotatable bonds is 11. The number of aryl methyl sites for hydroxylation is 1. The Morgan fingerprint density at radius 2 is 2.07 bits per heavy atom. The molecule has 1 aromatic heterocycles. The molecule has 1 aliphatic heterocycles. The molecule has 1 fully saturated rings. The number of hydrogen-bond donors (Lipinski definition) is 2. The molecule has 0 saturated carbocycles. The molecule has 1 unspecified atom stereocenters. The fraction of sp³-hybridized carbons (Fsp3) is 0.435. The minimum atomic E-state index is -0.402. The topological polar surface area (TPSA) is 83.6 Å². The predicted molar refractivity (Wildman–Crippen MR) is 115 cm³/mol. The molecule has 2 heterocycles. The molecular formula is C23H30N4O3. The molecule has 1 atom stereocenters. The van der Waals surface area contributed by atoms with Crippen LogP contribution in [0.1, 0.15) is 24.8 Å². The first kappa shape index (κ1) is 21.8. The molecule has 160 valence electrons. The molecular weight excluding hydrogens is 380 g/mol. The molecule has 7 heteroatoms. The maximum atomic E-state index is 12.4. The summed E-state index contributed by atoms with van der Waals surface area (Å²) in [4.78, 5) is 30.8. The Labute approximate surface area is 177 Å². The van der Waals surface area contributed by atoms with E-state index in [1.54, 1.807) is 12.4 Å². The summed E-state index contributed by atoms with van der Waals surface area (Å²) in [6, 6.07) is 13.6. The number of ether oxygens (including phenoxy) is 1. The number of hydrogen-bond acceptors (Lipinski definition) is 5. The Bertz CT molecular complexity index is 786. The maximum Gasteiger partial charge on any atom is 0.237 e. The Kier molecular flexibility index (Phi) is 8.65. The van der Waals surface area contributed by atoms with Gasteiger partial charge in [-0.25, -0.2) is 0 Å². The average Bonchev–Trinajstić information content (AvgIpc) is 2.77. The Hall–Kier alpha value is -2.93. The van der Waals surface area contributed by atoms with Crippen molar-refractivity contribution in [3.8, 4) is 5.75 Å². The molecule has 0 spiro atoms. The highest BCUT2D eigenvalue weighted by atomic mass is 16.5. The number of carbonyl (C=O) groups excluding carboxylic acids is 2. The fourth-order valence-corrected chi connectivity index (χ4v) is 3.55. The summed E-state index contributed by atoms with van der Waals surface area (Å²) in [7, 11) is 0. The number of pyridine rings is 1. The summed E-state index contributed by atoms with van der Waals surface area (Å²) in [5, 5.41) is 5.78. The molecule has 1 aromatic carbocycles. The van der Waals surface area contributed by atoms with E-state index < -0.39 is 6.04 Å². The number of carbonyl (C=O) groups is 2. The number of amides is 2. The van der Waals surface area contributed by atoms with E-state index in [4.69, 9.17) is 4.74 Å². The number of nitrogens with zero attached hydrogens (tertiary/aromatic N) is 2. The SMILES string of the molecule is O=C(CC1C(=O)NCCN1CCCc1ccccc1)NCCCOc1cccnc1. The average molecular weight is 411 g/mol. The number of benzene rings is 1. The van der Waals surface area contributed by atoms with E-state index in [1.807, 2.05) is 30.3 Å². The smallest absolute Gasteiger partial charge is 0.237 e. The van der Waals surface area contributed by atoms with Gasteiger partial charge in [-0.1, -0.05) is 30.3 Å². The number of nitrogens with one attached hydrogen (secondary N) is 2. The zero-order valence-electron chi connectivity index (χ0n) is 17.3. The standard InChI is InChI=1S/C23H30N4O3/c28-22(25-12-6-16-30-20-10-4-11-24-18-20)17-21-23(29)26-13-15-27(21)14-5-9-19-7-2-1-3-8-19/h1-4,7-8,10-11,18,21H,5-6,9,12-17H2,(H,25,28)(H,26,29). The lowest BCUT2D eigenvalue weighted by Gasteiger charge is -2.34. The van der Waals surface area contributed by atoms with Crippen LogP contribution in [0.2, 0.25) is 0 Å². The third-order valence-electron chi connectivity index (χ3n) is 5.12. The maximum absolute atomic E-state index is 12.4. The largest absolute Gasteiger partial charge is 0.492 e. The summed E-state index contributed by atoms with van der Waals surface area (Å²) >= 11 is 0. The molecule has 1 aliphatic rings. The highest BCUT2D eigenvalue weighted by molar-refractivity contribution is 5.88. The molecule has 0 aliphatic carbocycles. The summed E-state index contributed by atoms with van der Waals surface area (Å²) in [6.07, 6.45) is 6.15. The van der Waals surface area contributed by atoms with Crippen LogP contribution in [-0.2, 0) is 16.0 Å². The van der Waals surface area contributed by atoms with Gasteiger partial charge >= 0.3 is 0 Å². The van der Waals surface area contributed by atoms with Crippen molar-refractivity contribution in [1.82, 2.24) is 20.5 Å². The first-order valence-corrected chi connectivity index (χ1v) is 10.6. The van der Waals surface area contributed by atoms with Gasteiger partial charge in [0.2, 0.25) is 11.8 Å². The zero-order chi connectivity index (χ0) is 21.0. The van der Waals surface area contributed by atoms with Crippen molar-refractivity contribution < 1.29 is 14.3 Å². The Balaban J connectivity index is 1.37. The lowest BCUT2D eigenvalue weighted by molar-refractivity contribution is -0.133. The van der Waals surface area contributed by atoms with Gasteiger partial charge in [-0.15, -0.1) is 0 Å². The molecule has 7 nitrogen and oxygen atoms in total. The van der Waals surface area contributed by atoms with Crippen LogP contribution >= 0.6 is 0 Å². The Morgan fingerprint density at radius 3 is 2.87 bits per heavy atom. The number of piperazine rings is 1. The second-order valence-electron chi connectivity index (χ2n) is 7.38. The van der Waals surface area contributed by atoms with Crippen LogP contribution in [0.5, 0.6) is 5.75 Å². The van der Waals surface area contributed by atoms with Crippen LogP contribution in [0.3, 0.4) is 0 Å². The number of aromatic nitrogens is 1. The van der Waals surface area contributed by atoms with Crippen molar-refractivity contribution >= 4 is 11.8 Å². The second-order valence-corrected chi connectivity index (χ2v) is 7.38. The summed E-state index contributed by atoms with van der Waals surface area (Å²) in [6.45, 7) is 3.23. The van der Waals surface area contributed by atoms with Gasteiger partial charge in [-0.3, -0.25) is 19.5 Å². The molecule has 3 rings (SSSR count). The third kappa shape index (κ3) is 7.15. The molecule has 0 bridgehead atoms. The minimum Gasteiger partial charge on any atom is -0.492 e. The van der Waals surface area contributed by atoms with Crippen molar-refractivity contribution in [3.63, 3.8) is 0 Å². The summed E-state index contributed by atoms with van der Waals surface area (Å²) < 4.78 is 5.57. The fourth-order valence-electron chi connectivity index (χ4n) is 3.55. The monoisotopic (exact) mass is 410 g/mol. The van der Waals surface area contributed by atoms with Crippen molar-refractivity contribution in [3.05, 3.63) is 60.4 Å². The summed E-state index contributed by atoms with van der Waals surface area (Å²) in [5.41, 5.74) is 1.29. The Morgan fingerprint density at radius 1 is 1.20 bits per heavy atom. The van der Waals surface area contributed by atoms with E-state index in [1.165, 1.54) is 5.56 Å². The van der Waals surface area contributed by atoms with Crippen molar-refractivity contribution in [2.45, 2.75) is 31.7 Å². The molecule has 2 amide bonds. The van der Waals surface area contributed by atoms with Gasteiger partial charge in [-0.2, -0.15) is 0 Å². The third-order valence-corrected chi connectivity index (χ3v) is 5.12. The van der Waals surface area contributed by atoms with Gasteiger partial charge in [0.15, 0.2) is 0 Å². The molecule has 2 N–H and O–H groups in total. The van der Waals surface area contributed by atoms with Crippen LogP contribution in [0.25, 0.3) is 0 Å².